The predicted octanol–water partition coefficient (Wildman–Crippen LogP) is 15.9. The molecule has 0 N–H and O–H groups in total. The normalized spacial score (nSPS) is 18.6. The Bertz CT molecular complexity index is 3110. The van der Waals surface area contributed by atoms with Crippen molar-refractivity contribution in [2.24, 2.45) is 0 Å². The molecule has 2 aliphatic carbocycles. The first-order valence-corrected chi connectivity index (χ1v) is 25.6. The molecule has 0 radical (unpaired) electrons. The fourth-order valence-corrected chi connectivity index (χ4v) is 13.5. The molecule has 4 heteroatoms. The van der Waals surface area contributed by atoms with Gasteiger partial charge in [0, 0.05) is 43.2 Å². The Morgan fingerprint density at radius 1 is 0.485 bits per heavy atom. The van der Waals surface area contributed by atoms with E-state index in [2.05, 4.69) is 233 Å². The molecule has 0 fully saturated rings. The minimum absolute atomic E-state index is 0.0480. The molecule has 0 amide bonds. The highest BCUT2D eigenvalue weighted by Crippen LogP contribution is 2.55. The van der Waals surface area contributed by atoms with Gasteiger partial charge in [0.05, 0.1) is 11.4 Å². The first-order chi connectivity index (χ1) is 31.0. The van der Waals surface area contributed by atoms with E-state index in [1.165, 1.54) is 130 Å². The van der Waals surface area contributed by atoms with Crippen molar-refractivity contribution in [3.8, 4) is 11.1 Å². The van der Waals surface area contributed by atoms with E-state index in [1.807, 2.05) is 0 Å². The molecule has 0 bridgehead atoms. The Kier molecular flexibility index (Phi) is 9.39. The topological polar surface area (TPSA) is 6.48 Å². The zero-order chi connectivity index (χ0) is 46.7. The number of benzene rings is 6. The van der Waals surface area contributed by atoms with E-state index < -0.39 is 0 Å². The highest BCUT2D eigenvalue weighted by molar-refractivity contribution is 7.33. The summed E-state index contributed by atoms with van der Waals surface area (Å²) in [5.74, 6) is 0. The summed E-state index contributed by atoms with van der Waals surface area (Å²) in [5, 5.41) is 1.39. The van der Waals surface area contributed by atoms with Gasteiger partial charge >= 0.3 is 0 Å². The van der Waals surface area contributed by atoms with Crippen LogP contribution in [0.2, 0.25) is 0 Å². The average molecular weight is 885 g/mol. The van der Waals surface area contributed by atoms with Gasteiger partial charge in [-0.3, -0.25) is 0 Å². The number of para-hydroxylation sites is 1. The second kappa shape index (κ2) is 14.2. The zero-order valence-corrected chi connectivity index (χ0v) is 43.0. The molecular formula is C62H69BN2S. The number of fused-ring (bicyclic) bond motifs is 8. The molecule has 0 atom stereocenters. The van der Waals surface area contributed by atoms with Crippen LogP contribution in [0, 0.1) is 0 Å². The van der Waals surface area contributed by atoms with Gasteiger partial charge < -0.3 is 9.80 Å². The summed E-state index contributed by atoms with van der Waals surface area (Å²) in [6, 6.07) is 45.6. The van der Waals surface area contributed by atoms with Crippen LogP contribution in [-0.4, -0.2) is 6.71 Å². The summed E-state index contributed by atoms with van der Waals surface area (Å²) >= 11 is 2.07. The largest absolute Gasteiger partial charge is 0.311 e. The van der Waals surface area contributed by atoms with Gasteiger partial charge in [0.25, 0.3) is 6.71 Å². The van der Waals surface area contributed by atoms with Gasteiger partial charge in [-0.05, 0) is 157 Å². The van der Waals surface area contributed by atoms with Gasteiger partial charge in [0.1, 0.15) is 0 Å². The molecule has 0 saturated carbocycles. The Hall–Kier alpha value is -5.06. The van der Waals surface area contributed by atoms with Crippen molar-refractivity contribution in [1.82, 2.24) is 0 Å². The van der Waals surface area contributed by atoms with Crippen LogP contribution < -0.4 is 25.5 Å². The molecule has 2 nitrogen and oxygen atoms in total. The summed E-state index contributed by atoms with van der Waals surface area (Å²) in [6.07, 6.45) is 4.74. The molecule has 66 heavy (non-hydrogen) atoms. The van der Waals surface area contributed by atoms with E-state index in [0.29, 0.717) is 0 Å². The van der Waals surface area contributed by atoms with Crippen LogP contribution in [0.25, 0.3) is 21.2 Å². The molecule has 3 heterocycles. The van der Waals surface area contributed by atoms with Crippen LogP contribution in [0.1, 0.15) is 156 Å². The first kappa shape index (κ1) is 43.5. The maximum atomic E-state index is 2.71. The standard InChI is InChI=1S/C62H69BN2S/c1-57(2,3)39-24-26-41(27-25-39)64-51-32-40(58(4,5)6)33-52-54(51)63(56-55(64)43-34-44-47(37-53(43)66-56)62(13,14)31-28-59(44,7)8)48-35-45-46(61(11,12)30-29-60(45,9)10)36-50(48)65(52)49-23-19-18-22-42(49)38-20-16-15-17-21-38/h15-27,32-37H,28-31H2,1-14H3. The molecule has 4 aliphatic rings. The van der Waals surface area contributed by atoms with Crippen molar-refractivity contribution < 1.29 is 0 Å². The fraction of sp³-hybridized carbons (Fsp3) is 0.387. The van der Waals surface area contributed by atoms with Crippen LogP contribution in [0.5, 0.6) is 0 Å². The summed E-state index contributed by atoms with van der Waals surface area (Å²) in [6.45, 7) is 34.1. The average Bonchev–Trinajstić information content (AvgIpc) is 3.64. The van der Waals surface area contributed by atoms with Gasteiger partial charge in [-0.1, -0.05) is 164 Å². The molecule has 0 unspecified atom stereocenters. The van der Waals surface area contributed by atoms with Crippen molar-refractivity contribution in [2.75, 3.05) is 9.80 Å². The summed E-state index contributed by atoms with van der Waals surface area (Å²) in [4.78, 5) is 5.40. The molecule has 336 valence electrons. The molecule has 7 aromatic rings. The second-order valence-electron chi connectivity index (χ2n) is 25.2. The lowest BCUT2D eigenvalue weighted by Gasteiger charge is -2.47. The van der Waals surface area contributed by atoms with Crippen molar-refractivity contribution in [3.63, 3.8) is 0 Å². The van der Waals surface area contributed by atoms with E-state index >= 15 is 0 Å². The van der Waals surface area contributed by atoms with Gasteiger partial charge in [-0.25, -0.2) is 0 Å². The van der Waals surface area contributed by atoms with Crippen LogP contribution in [0.15, 0.2) is 115 Å². The number of anilines is 6. The highest BCUT2D eigenvalue weighted by Gasteiger charge is 2.49. The van der Waals surface area contributed by atoms with Crippen molar-refractivity contribution in [2.45, 2.75) is 155 Å². The van der Waals surface area contributed by atoms with Crippen molar-refractivity contribution in [3.05, 3.63) is 149 Å². The number of nitrogens with zero attached hydrogens (tertiary/aromatic N) is 2. The third-order valence-electron chi connectivity index (χ3n) is 16.7. The lowest BCUT2D eigenvalue weighted by atomic mass is 9.35. The van der Waals surface area contributed by atoms with Crippen molar-refractivity contribution in [1.29, 1.82) is 0 Å². The molecular weight excluding hydrogens is 816 g/mol. The lowest BCUT2D eigenvalue weighted by Crippen LogP contribution is -2.61. The van der Waals surface area contributed by atoms with Gasteiger partial charge in [-0.2, -0.15) is 0 Å². The van der Waals surface area contributed by atoms with Gasteiger partial charge in [0.2, 0.25) is 0 Å². The minimum Gasteiger partial charge on any atom is -0.311 e. The van der Waals surface area contributed by atoms with Crippen molar-refractivity contribution >= 4 is 78.0 Å². The zero-order valence-electron chi connectivity index (χ0n) is 42.2. The van der Waals surface area contributed by atoms with Crippen LogP contribution in [0.3, 0.4) is 0 Å². The third-order valence-corrected chi connectivity index (χ3v) is 17.9. The Balaban J connectivity index is 1.31. The number of hydrogen-bond donors (Lipinski definition) is 0. The molecule has 1 aromatic heterocycles. The lowest BCUT2D eigenvalue weighted by molar-refractivity contribution is 0.332. The summed E-state index contributed by atoms with van der Waals surface area (Å²) in [7, 11) is 0. The number of thiophene rings is 1. The van der Waals surface area contributed by atoms with Crippen LogP contribution in [-0.2, 0) is 32.5 Å². The number of rotatable bonds is 3. The smallest absolute Gasteiger partial charge is 0.264 e. The highest BCUT2D eigenvalue weighted by atomic mass is 32.1. The minimum atomic E-state index is -0.110. The first-order valence-electron chi connectivity index (χ1n) is 24.8. The van der Waals surface area contributed by atoms with Gasteiger partial charge in [0.15, 0.2) is 0 Å². The molecule has 11 rings (SSSR count). The maximum absolute atomic E-state index is 2.71. The maximum Gasteiger partial charge on any atom is 0.264 e. The molecule has 0 saturated heterocycles. The van der Waals surface area contributed by atoms with E-state index in [1.54, 1.807) is 0 Å². The number of hydrogen-bond acceptors (Lipinski definition) is 3. The summed E-state index contributed by atoms with van der Waals surface area (Å²) in [5.41, 5.74) is 22.1. The van der Waals surface area contributed by atoms with Gasteiger partial charge in [-0.15, -0.1) is 11.3 Å². The molecule has 6 aromatic carbocycles. The molecule has 0 spiro atoms. The third kappa shape index (κ3) is 6.54. The Labute approximate surface area is 400 Å². The van der Waals surface area contributed by atoms with E-state index in [4.69, 9.17) is 0 Å². The molecule has 2 aliphatic heterocycles. The monoisotopic (exact) mass is 885 g/mol. The summed E-state index contributed by atoms with van der Waals surface area (Å²) < 4.78 is 2.87. The Morgan fingerprint density at radius 2 is 1.00 bits per heavy atom. The second-order valence-corrected chi connectivity index (χ2v) is 26.2. The van der Waals surface area contributed by atoms with E-state index in [-0.39, 0.29) is 39.2 Å². The van der Waals surface area contributed by atoms with Crippen LogP contribution in [0.4, 0.5) is 34.1 Å². The van der Waals surface area contributed by atoms with E-state index in [9.17, 15) is 0 Å². The fourth-order valence-electron chi connectivity index (χ4n) is 12.2. The quantitative estimate of drug-likeness (QED) is 0.163. The predicted molar refractivity (Wildman–Crippen MR) is 289 cm³/mol. The Morgan fingerprint density at radius 3 is 1.59 bits per heavy atom. The SMILES string of the molecule is CC(C)(C)c1ccc(N2c3cc(C(C)(C)C)cc4c3B(c3cc5c(cc3N4c3ccccc3-c3ccccc3)C(C)(C)CCC5(C)C)c3sc4cc5c(cc4c32)C(C)(C)CCC5(C)C)cc1. The van der Waals surface area contributed by atoms with Crippen LogP contribution >= 0.6 is 11.3 Å². The van der Waals surface area contributed by atoms with E-state index in [0.717, 1.165) is 0 Å².